The standard InChI is InChI=1S/C53H66O8/c1-10-32-23-33-18-19-38-37-17-13-12-15-35(37)26-40(38)52(47(57)60-9,29-34(24-32)25-33)42-28-41-39(27-44(42)58-7)43(30-54)50(6)48(4,46(56)59-8)45(61-31(3)55)51(11-2)21-14-16-36-20-22-53(41,50)49(36,51)5/h12-15,17,21,27-28,30,32-34,36,43,45H,10-11,16,18-20,22-26,29H2,1-9H3/t32-,33+,34-,36?,43?,45-,48+,49-,50?,51-,52+,53+/m0/s1. The second-order valence-electron chi connectivity index (χ2n) is 20.7. The molecular weight excluding hydrogens is 765 g/mol. The van der Waals surface area contributed by atoms with Crippen LogP contribution in [0, 0.1) is 45.3 Å². The van der Waals surface area contributed by atoms with E-state index in [-0.39, 0.29) is 17.8 Å². The highest BCUT2D eigenvalue weighted by Crippen LogP contribution is 2.86. The van der Waals surface area contributed by atoms with Crippen molar-refractivity contribution in [3.05, 3.63) is 81.9 Å². The van der Waals surface area contributed by atoms with Gasteiger partial charge < -0.3 is 23.7 Å². The molecule has 8 nitrogen and oxygen atoms in total. The molecule has 7 aliphatic carbocycles. The largest absolute Gasteiger partial charge is 0.496 e. The molecule has 3 unspecified atom stereocenters. The summed E-state index contributed by atoms with van der Waals surface area (Å²) in [6.07, 6.45) is 15.3. The van der Waals surface area contributed by atoms with Crippen LogP contribution in [0.3, 0.4) is 0 Å². The van der Waals surface area contributed by atoms with Gasteiger partial charge in [0.15, 0.2) is 0 Å². The minimum atomic E-state index is -1.47. The summed E-state index contributed by atoms with van der Waals surface area (Å²) >= 11 is 0. The van der Waals surface area contributed by atoms with Gasteiger partial charge in [-0.1, -0.05) is 70.5 Å². The average Bonchev–Trinajstić information content (AvgIpc) is 3.88. The number of hydrogen-bond acceptors (Lipinski definition) is 8. The first-order valence-corrected chi connectivity index (χ1v) is 23.2. The van der Waals surface area contributed by atoms with Gasteiger partial charge in [-0.25, -0.2) is 0 Å². The molecule has 3 fully saturated rings. The van der Waals surface area contributed by atoms with Crippen LogP contribution >= 0.6 is 0 Å². The van der Waals surface area contributed by atoms with Crippen LogP contribution in [-0.2, 0) is 50.6 Å². The molecule has 3 saturated carbocycles. The van der Waals surface area contributed by atoms with E-state index in [0.29, 0.717) is 43.3 Å². The molecule has 0 saturated heterocycles. The van der Waals surface area contributed by atoms with Crippen molar-refractivity contribution >= 4 is 29.8 Å². The van der Waals surface area contributed by atoms with E-state index in [1.54, 1.807) is 7.11 Å². The topological polar surface area (TPSA) is 105 Å². The van der Waals surface area contributed by atoms with E-state index in [1.807, 2.05) is 13.0 Å². The van der Waals surface area contributed by atoms with Crippen LogP contribution in [0.4, 0.5) is 0 Å². The van der Waals surface area contributed by atoms with Gasteiger partial charge >= 0.3 is 17.9 Å². The van der Waals surface area contributed by atoms with Crippen molar-refractivity contribution in [1.29, 1.82) is 0 Å². The fraction of sp³-hybridized carbons (Fsp3) is 0.623. The van der Waals surface area contributed by atoms with E-state index in [0.717, 1.165) is 73.5 Å². The normalized spacial score (nSPS) is 40.2. The number of ether oxygens (including phenoxy) is 4. The first-order valence-electron chi connectivity index (χ1n) is 23.2. The Balaban J connectivity index is 1.40. The van der Waals surface area contributed by atoms with Crippen LogP contribution in [0.2, 0.25) is 0 Å². The highest BCUT2D eigenvalue weighted by molar-refractivity contribution is 5.95. The Kier molecular flexibility index (Phi) is 9.96. The fourth-order valence-electron chi connectivity index (χ4n) is 16.8. The van der Waals surface area contributed by atoms with Crippen molar-refractivity contribution in [3.8, 4) is 5.75 Å². The summed E-state index contributed by atoms with van der Waals surface area (Å²) in [7, 11) is 4.59. The van der Waals surface area contributed by atoms with Gasteiger partial charge in [0.25, 0.3) is 0 Å². The molecule has 12 atom stereocenters. The summed E-state index contributed by atoms with van der Waals surface area (Å²) in [5, 5.41) is 0. The van der Waals surface area contributed by atoms with Crippen LogP contribution in [0.1, 0.15) is 146 Å². The lowest BCUT2D eigenvalue weighted by Gasteiger charge is -2.73. The molecule has 0 radical (unpaired) electrons. The lowest BCUT2D eigenvalue weighted by molar-refractivity contribution is -0.270. The predicted octanol–water partition coefficient (Wildman–Crippen LogP) is 10.2. The van der Waals surface area contributed by atoms with E-state index in [9.17, 15) is 9.59 Å². The van der Waals surface area contributed by atoms with E-state index in [4.69, 9.17) is 18.9 Å². The first-order chi connectivity index (χ1) is 29.2. The Morgan fingerprint density at radius 3 is 2.30 bits per heavy atom. The monoisotopic (exact) mass is 830 g/mol. The predicted molar refractivity (Wildman–Crippen MR) is 234 cm³/mol. The van der Waals surface area contributed by atoms with Crippen molar-refractivity contribution in [1.82, 2.24) is 0 Å². The third-order valence-corrected chi connectivity index (χ3v) is 19.3. The van der Waals surface area contributed by atoms with Crippen LogP contribution < -0.4 is 4.74 Å². The zero-order chi connectivity index (χ0) is 43.5. The zero-order valence-corrected chi connectivity index (χ0v) is 37.9. The lowest BCUT2D eigenvalue weighted by Crippen LogP contribution is -2.78. The summed E-state index contributed by atoms with van der Waals surface area (Å²) in [6, 6.07) is 13.0. The summed E-state index contributed by atoms with van der Waals surface area (Å²) in [5.41, 5.74) is 1.51. The van der Waals surface area contributed by atoms with Crippen LogP contribution in [0.5, 0.6) is 5.75 Å². The lowest BCUT2D eigenvalue weighted by atomic mass is 9.29. The summed E-state index contributed by atoms with van der Waals surface area (Å²) in [6.45, 7) is 12.2. The third kappa shape index (κ3) is 4.94. The minimum Gasteiger partial charge on any atom is -0.496 e. The van der Waals surface area contributed by atoms with Gasteiger partial charge in [0.05, 0.1) is 21.3 Å². The molecule has 0 N–H and O–H groups in total. The van der Waals surface area contributed by atoms with E-state index in [1.165, 1.54) is 44.3 Å². The van der Waals surface area contributed by atoms with Crippen molar-refractivity contribution in [2.24, 2.45) is 45.3 Å². The van der Waals surface area contributed by atoms with Gasteiger partial charge in [-0.05, 0) is 152 Å². The van der Waals surface area contributed by atoms with Crippen LogP contribution in [-0.4, -0.2) is 51.6 Å². The number of rotatable bonds is 8. The molecule has 0 amide bonds. The highest BCUT2D eigenvalue weighted by Gasteiger charge is 2.87. The maximum Gasteiger partial charge on any atom is 0.320 e. The van der Waals surface area contributed by atoms with Crippen LogP contribution in [0.15, 0.2) is 54.1 Å². The van der Waals surface area contributed by atoms with Crippen molar-refractivity contribution in [2.45, 2.75) is 141 Å². The quantitative estimate of drug-likeness (QED) is 0.112. The maximum atomic E-state index is 15.5. The number of esters is 3. The Labute approximate surface area is 362 Å². The van der Waals surface area contributed by atoms with E-state index >= 15 is 9.59 Å². The summed E-state index contributed by atoms with van der Waals surface area (Å²) < 4.78 is 25.0. The van der Waals surface area contributed by atoms with Gasteiger partial charge in [0.2, 0.25) is 0 Å². The molecule has 2 aromatic carbocycles. The smallest absolute Gasteiger partial charge is 0.320 e. The molecule has 2 bridgehead atoms. The van der Waals surface area contributed by atoms with E-state index < -0.39 is 56.5 Å². The first kappa shape index (κ1) is 42.1. The van der Waals surface area contributed by atoms with Crippen LogP contribution in [0.25, 0.3) is 5.57 Å². The number of carbonyl (C=O) groups is 4. The number of fused-ring (bicyclic) bond motifs is 5. The molecule has 0 aliphatic heterocycles. The molecule has 61 heavy (non-hydrogen) atoms. The number of aldehydes is 1. The summed E-state index contributed by atoms with van der Waals surface area (Å²) in [4.78, 5) is 58.1. The fourth-order valence-corrected chi connectivity index (χ4v) is 16.8. The van der Waals surface area contributed by atoms with Gasteiger partial charge in [-0.2, -0.15) is 0 Å². The molecule has 7 aliphatic rings. The zero-order valence-electron chi connectivity index (χ0n) is 37.9. The Morgan fingerprint density at radius 2 is 1.62 bits per heavy atom. The molecule has 0 heterocycles. The summed E-state index contributed by atoms with van der Waals surface area (Å²) in [5.74, 6) is 0.154. The minimum absolute atomic E-state index is 0.170. The number of methoxy groups -OCH3 is 3. The van der Waals surface area contributed by atoms with Gasteiger partial charge in [0.1, 0.15) is 29.0 Å². The Hall–Kier alpha value is -4.20. The second kappa shape index (κ2) is 14.4. The van der Waals surface area contributed by atoms with Crippen molar-refractivity contribution < 1.29 is 38.1 Å². The number of allylic oxidation sites excluding steroid dienone is 2. The SMILES string of the molecule is CC[C@H]1C[C@H]2CCC3=C(Cc4ccccc43)[C@@](C(=O)OC)(c3cc4c(cc3OC)C(C=O)C3(C)[C@@](C)(C(=O)OC)[C@H](OC(C)=O)[C@]5(CC)C=CCC6CC[C@]43[C@@]65C)C[C@@H](C1)C2. The number of carbonyl (C=O) groups excluding carboxylic acids is 4. The van der Waals surface area contributed by atoms with Gasteiger partial charge in [-0.3, -0.25) is 14.4 Å². The average molecular weight is 831 g/mol. The highest BCUT2D eigenvalue weighted by atomic mass is 16.6. The molecule has 1 spiro atoms. The maximum absolute atomic E-state index is 15.5. The second-order valence-corrected chi connectivity index (χ2v) is 20.7. The third-order valence-electron chi connectivity index (χ3n) is 19.3. The van der Waals surface area contributed by atoms with E-state index in [2.05, 4.69) is 70.2 Å². The molecule has 9 rings (SSSR count). The Bertz CT molecular complexity index is 2250. The van der Waals surface area contributed by atoms with Gasteiger partial charge in [-0.15, -0.1) is 0 Å². The molecule has 2 aromatic rings. The molecule has 0 aromatic heterocycles. The van der Waals surface area contributed by atoms with Gasteiger partial charge in [0, 0.05) is 34.7 Å². The molecule has 326 valence electrons. The van der Waals surface area contributed by atoms with Crippen molar-refractivity contribution in [3.63, 3.8) is 0 Å². The number of benzene rings is 2. The molecular formula is C53H66O8. The Morgan fingerprint density at radius 1 is 0.885 bits per heavy atom. The number of hydrogen-bond donors (Lipinski definition) is 0. The van der Waals surface area contributed by atoms with Crippen molar-refractivity contribution in [2.75, 3.05) is 21.3 Å². The molecule has 8 heteroatoms.